The molecule has 2 amide bonds. The van der Waals surface area contributed by atoms with Gasteiger partial charge < -0.3 is 16.4 Å². The monoisotopic (exact) mass is 297 g/mol. The number of rotatable bonds is 3. The lowest BCUT2D eigenvalue weighted by Crippen LogP contribution is -2.21. The number of hydrogen-bond acceptors (Lipinski definition) is 5. The van der Waals surface area contributed by atoms with Crippen LogP contribution in [0.3, 0.4) is 0 Å². The lowest BCUT2D eigenvalue weighted by molar-refractivity contribution is -0.123. The molecule has 1 heterocycles. The quantitative estimate of drug-likeness (QED) is 0.679. The summed E-state index contributed by atoms with van der Waals surface area (Å²) in [5.74, 6) is -1.00. The smallest absolute Gasteiger partial charge is 0.233 e. The lowest BCUT2D eigenvalue weighted by atomic mass is 10.1. The third-order valence-corrected chi connectivity index (χ3v) is 3.79. The Kier molecular flexibility index (Phi) is 3.78. The Hall–Kier alpha value is -1.93. The number of fused-ring (bicyclic) bond motifs is 1. The fourth-order valence-corrected chi connectivity index (χ4v) is 2.81. The van der Waals surface area contributed by atoms with Crippen molar-refractivity contribution in [1.82, 2.24) is 0 Å². The first-order chi connectivity index (χ1) is 9.24. The number of amides is 2. The minimum absolute atomic E-state index is 0.188. The molecule has 1 aromatic rings. The van der Waals surface area contributed by atoms with Crippen LogP contribution in [0.4, 0.5) is 11.4 Å². The van der Waals surface area contributed by atoms with E-state index in [4.69, 9.17) is 5.73 Å². The van der Waals surface area contributed by atoms with Crippen LogP contribution in [0.5, 0.6) is 0 Å². The number of nitrogens with one attached hydrogen (secondary N) is 2. The first kappa shape index (κ1) is 14.5. The topological polar surface area (TPSA) is 118 Å². The van der Waals surface area contributed by atoms with Crippen LogP contribution in [0.15, 0.2) is 18.2 Å². The maximum Gasteiger partial charge on any atom is 0.233 e. The molecule has 8 heteroatoms. The van der Waals surface area contributed by atoms with E-state index in [1.807, 2.05) is 0 Å². The maximum atomic E-state index is 11.5. The van der Waals surface area contributed by atoms with Gasteiger partial charge in [-0.05, 0) is 17.7 Å². The van der Waals surface area contributed by atoms with E-state index in [1.54, 1.807) is 18.2 Å². The van der Waals surface area contributed by atoms with Crippen LogP contribution in [0, 0.1) is 0 Å². The fourth-order valence-electron chi connectivity index (χ4n) is 1.96. The zero-order valence-corrected chi connectivity index (χ0v) is 11.7. The summed E-state index contributed by atoms with van der Waals surface area (Å²) in [7, 11) is -3.20. The van der Waals surface area contributed by atoms with Crippen molar-refractivity contribution in [3.63, 3.8) is 0 Å². The number of nitrogens with two attached hydrogens (primary N) is 1. The zero-order chi connectivity index (χ0) is 14.9. The summed E-state index contributed by atoms with van der Waals surface area (Å²) in [6, 6.07) is 4.11. The Labute approximate surface area is 116 Å². The summed E-state index contributed by atoms with van der Waals surface area (Å²) in [5, 5.41) is 5.17. The Bertz CT molecular complexity index is 669. The summed E-state index contributed by atoms with van der Waals surface area (Å²) >= 11 is 0. The summed E-state index contributed by atoms with van der Waals surface area (Å²) in [4.78, 5) is 22.9. The van der Waals surface area contributed by atoms with Crippen LogP contribution < -0.4 is 16.4 Å². The molecule has 1 unspecified atom stereocenters. The highest BCUT2D eigenvalue weighted by atomic mass is 32.2. The van der Waals surface area contributed by atoms with E-state index in [2.05, 4.69) is 10.6 Å². The van der Waals surface area contributed by atoms with E-state index in [1.165, 1.54) is 0 Å². The molecule has 0 bridgehead atoms. The second-order valence-corrected chi connectivity index (χ2v) is 6.96. The van der Waals surface area contributed by atoms with Crippen molar-refractivity contribution in [2.24, 2.45) is 5.73 Å². The summed E-state index contributed by atoms with van der Waals surface area (Å²) < 4.78 is 22.5. The predicted molar refractivity (Wildman–Crippen MR) is 75.0 cm³/mol. The third kappa shape index (κ3) is 3.55. The van der Waals surface area contributed by atoms with Crippen LogP contribution in [-0.4, -0.2) is 32.2 Å². The van der Waals surface area contributed by atoms with Crippen molar-refractivity contribution in [2.45, 2.75) is 12.5 Å². The Morgan fingerprint density at radius 1 is 1.20 bits per heavy atom. The second-order valence-electron chi connectivity index (χ2n) is 4.78. The maximum absolute atomic E-state index is 11.5. The van der Waals surface area contributed by atoms with Gasteiger partial charge in [-0.1, -0.05) is 6.07 Å². The molecule has 0 aliphatic carbocycles. The van der Waals surface area contributed by atoms with Crippen molar-refractivity contribution in [2.75, 3.05) is 22.6 Å². The molecule has 0 fully saturated rings. The molecule has 1 aromatic carbocycles. The standard InChI is InChI=1S/C12H15N3O4S/c1-20(18,19)6-8(13)7-2-3-9-10(4-7)15-12(17)5-11(16)14-9/h2-4,8H,5-6,13H2,1H3,(H,14,16)(H,15,17). The van der Waals surface area contributed by atoms with Crippen molar-refractivity contribution in [3.05, 3.63) is 23.8 Å². The van der Waals surface area contributed by atoms with Gasteiger partial charge in [-0.25, -0.2) is 8.42 Å². The van der Waals surface area contributed by atoms with Gasteiger partial charge in [0.05, 0.1) is 17.1 Å². The van der Waals surface area contributed by atoms with Gasteiger partial charge in [0.2, 0.25) is 11.8 Å². The average Bonchev–Trinajstić information content (AvgIpc) is 2.42. The van der Waals surface area contributed by atoms with Crippen molar-refractivity contribution >= 4 is 33.0 Å². The molecule has 7 nitrogen and oxygen atoms in total. The average molecular weight is 297 g/mol. The van der Waals surface area contributed by atoms with Gasteiger partial charge in [0.1, 0.15) is 16.3 Å². The molecule has 1 atom stereocenters. The Morgan fingerprint density at radius 2 is 1.80 bits per heavy atom. The Balaban J connectivity index is 2.31. The minimum Gasteiger partial charge on any atom is -0.324 e. The van der Waals surface area contributed by atoms with Crippen LogP contribution in [0.2, 0.25) is 0 Å². The second kappa shape index (κ2) is 5.22. The fraction of sp³-hybridized carbons (Fsp3) is 0.333. The molecule has 1 aliphatic heterocycles. The SMILES string of the molecule is CS(=O)(=O)CC(N)c1ccc2c(c1)NC(=O)CC(=O)N2. The first-order valence-electron chi connectivity index (χ1n) is 5.91. The zero-order valence-electron chi connectivity index (χ0n) is 10.8. The number of carbonyl (C=O) groups excluding carboxylic acids is 2. The van der Waals surface area contributed by atoms with Gasteiger partial charge in [-0.3, -0.25) is 9.59 Å². The van der Waals surface area contributed by atoms with Gasteiger partial charge in [-0.2, -0.15) is 0 Å². The molecule has 2 rings (SSSR count). The molecule has 0 saturated heterocycles. The Morgan fingerprint density at radius 3 is 2.40 bits per heavy atom. The van der Waals surface area contributed by atoms with Crippen LogP contribution >= 0.6 is 0 Å². The number of sulfone groups is 1. The van der Waals surface area contributed by atoms with E-state index in [-0.39, 0.29) is 12.2 Å². The number of carbonyl (C=O) groups is 2. The largest absolute Gasteiger partial charge is 0.324 e. The van der Waals surface area contributed by atoms with E-state index in [9.17, 15) is 18.0 Å². The van der Waals surface area contributed by atoms with Gasteiger partial charge in [-0.15, -0.1) is 0 Å². The molecule has 0 radical (unpaired) electrons. The minimum atomic E-state index is -3.20. The van der Waals surface area contributed by atoms with Gasteiger partial charge >= 0.3 is 0 Å². The molecule has 0 spiro atoms. The van der Waals surface area contributed by atoms with Gasteiger partial charge in [0.15, 0.2) is 0 Å². The third-order valence-electron chi connectivity index (χ3n) is 2.82. The first-order valence-corrected chi connectivity index (χ1v) is 7.97. The number of anilines is 2. The number of hydrogen-bond donors (Lipinski definition) is 3. The normalized spacial score (nSPS) is 16.7. The van der Waals surface area contributed by atoms with Gasteiger partial charge in [0.25, 0.3) is 0 Å². The van der Waals surface area contributed by atoms with Crippen molar-refractivity contribution in [3.8, 4) is 0 Å². The summed E-state index contributed by atoms with van der Waals surface area (Å²) in [6.45, 7) is 0. The predicted octanol–water partition coefficient (Wildman–Crippen LogP) is 0.0117. The van der Waals surface area contributed by atoms with Crippen LogP contribution in [0.1, 0.15) is 18.0 Å². The lowest BCUT2D eigenvalue weighted by Gasteiger charge is -2.14. The highest BCUT2D eigenvalue weighted by Gasteiger charge is 2.20. The van der Waals surface area contributed by atoms with E-state index >= 15 is 0 Å². The molecule has 1 aliphatic rings. The molecular formula is C12H15N3O4S. The molecular weight excluding hydrogens is 282 g/mol. The highest BCUT2D eigenvalue weighted by molar-refractivity contribution is 7.90. The molecule has 0 aromatic heterocycles. The van der Waals surface area contributed by atoms with Gasteiger partial charge in [0, 0.05) is 12.3 Å². The van der Waals surface area contributed by atoms with Crippen molar-refractivity contribution < 1.29 is 18.0 Å². The number of benzene rings is 1. The summed E-state index contributed by atoms with van der Waals surface area (Å²) in [6.07, 6.45) is 0.859. The van der Waals surface area contributed by atoms with E-state index < -0.39 is 27.7 Å². The molecule has 108 valence electrons. The van der Waals surface area contributed by atoms with Crippen LogP contribution in [0.25, 0.3) is 0 Å². The summed E-state index contributed by atoms with van der Waals surface area (Å²) in [5.41, 5.74) is 7.30. The molecule has 4 N–H and O–H groups in total. The molecule has 0 saturated carbocycles. The van der Waals surface area contributed by atoms with Crippen molar-refractivity contribution in [1.29, 1.82) is 0 Å². The highest BCUT2D eigenvalue weighted by Crippen LogP contribution is 2.28. The van der Waals surface area contributed by atoms with E-state index in [0.717, 1.165) is 6.26 Å². The van der Waals surface area contributed by atoms with Crippen LogP contribution in [-0.2, 0) is 19.4 Å². The molecule has 20 heavy (non-hydrogen) atoms. The van der Waals surface area contributed by atoms with E-state index in [0.29, 0.717) is 16.9 Å².